The normalized spacial score (nSPS) is 24.5. The van der Waals surface area contributed by atoms with E-state index in [1.807, 2.05) is 0 Å². The van der Waals surface area contributed by atoms with Crippen molar-refractivity contribution in [1.29, 1.82) is 0 Å². The number of nitrogens with zero attached hydrogens (tertiary/aromatic N) is 1. The van der Waals surface area contributed by atoms with Crippen molar-refractivity contribution in [2.24, 2.45) is 10.9 Å². The zero-order valence-corrected chi connectivity index (χ0v) is 6.55. The SMILES string of the molecule is CCC1C(=O)N=C(C)NC1=O. The van der Waals surface area contributed by atoms with Crippen molar-refractivity contribution in [3.63, 3.8) is 0 Å². The van der Waals surface area contributed by atoms with Gasteiger partial charge in [-0.05, 0) is 13.3 Å². The average Bonchev–Trinajstić information content (AvgIpc) is 1.85. The Morgan fingerprint density at radius 1 is 1.55 bits per heavy atom. The van der Waals surface area contributed by atoms with Gasteiger partial charge in [0.2, 0.25) is 5.91 Å². The number of amidine groups is 1. The molecule has 0 aromatic carbocycles. The van der Waals surface area contributed by atoms with Crippen LogP contribution in [-0.4, -0.2) is 17.6 Å². The summed E-state index contributed by atoms with van der Waals surface area (Å²) in [7, 11) is 0. The average molecular weight is 154 g/mol. The molecule has 0 saturated carbocycles. The highest BCUT2D eigenvalue weighted by Crippen LogP contribution is 2.08. The minimum Gasteiger partial charge on any atom is -0.314 e. The fraction of sp³-hybridized carbons (Fsp3) is 0.571. The summed E-state index contributed by atoms with van der Waals surface area (Å²) in [6, 6.07) is 0. The van der Waals surface area contributed by atoms with Crippen molar-refractivity contribution in [3.8, 4) is 0 Å². The second kappa shape index (κ2) is 2.82. The third-order valence-electron chi connectivity index (χ3n) is 1.60. The molecule has 1 heterocycles. The lowest BCUT2D eigenvalue weighted by Crippen LogP contribution is -2.42. The largest absolute Gasteiger partial charge is 0.314 e. The Bertz CT molecular complexity index is 233. The van der Waals surface area contributed by atoms with E-state index in [0.717, 1.165) is 0 Å². The highest BCUT2D eigenvalue weighted by atomic mass is 16.2. The minimum atomic E-state index is -0.571. The molecule has 0 fully saturated rings. The molecule has 0 radical (unpaired) electrons. The lowest BCUT2D eigenvalue weighted by molar-refractivity contribution is -0.133. The van der Waals surface area contributed by atoms with Gasteiger partial charge in [-0.3, -0.25) is 9.59 Å². The summed E-state index contributed by atoms with van der Waals surface area (Å²) in [5.41, 5.74) is 0. The van der Waals surface area contributed by atoms with Gasteiger partial charge in [0.15, 0.2) is 0 Å². The molecule has 0 spiro atoms. The molecule has 2 amide bonds. The molecule has 0 aliphatic carbocycles. The summed E-state index contributed by atoms with van der Waals surface area (Å²) in [4.78, 5) is 25.7. The van der Waals surface area contributed by atoms with Crippen LogP contribution in [0, 0.1) is 5.92 Å². The first-order valence-corrected chi connectivity index (χ1v) is 3.55. The van der Waals surface area contributed by atoms with Crippen molar-refractivity contribution < 1.29 is 9.59 Å². The predicted octanol–water partition coefficient (Wildman–Crippen LogP) is 0.0874. The van der Waals surface area contributed by atoms with Crippen molar-refractivity contribution >= 4 is 17.6 Å². The van der Waals surface area contributed by atoms with E-state index in [4.69, 9.17) is 0 Å². The predicted molar refractivity (Wildman–Crippen MR) is 40.0 cm³/mol. The number of nitrogens with one attached hydrogen (secondary N) is 1. The fourth-order valence-electron chi connectivity index (χ4n) is 1.01. The third kappa shape index (κ3) is 1.45. The van der Waals surface area contributed by atoms with E-state index in [9.17, 15) is 9.59 Å². The van der Waals surface area contributed by atoms with Crippen LogP contribution >= 0.6 is 0 Å². The number of carbonyl (C=O) groups is 2. The molecule has 1 rings (SSSR count). The highest BCUT2D eigenvalue weighted by Gasteiger charge is 2.28. The lowest BCUT2D eigenvalue weighted by Gasteiger charge is -2.16. The molecule has 1 atom stereocenters. The van der Waals surface area contributed by atoms with E-state index in [-0.39, 0.29) is 11.8 Å². The van der Waals surface area contributed by atoms with Gasteiger partial charge >= 0.3 is 0 Å². The summed E-state index contributed by atoms with van der Waals surface area (Å²) in [5.74, 6) is -0.734. The van der Waals surface area contributed by atoms with Crippen molar-refractivity contribution in [1.82, 2.24) is 5.32 Å². The van der Waals surface area contributed by atoms with Crippen molar-refractivity contribution in [2.75, 3.05) is 0 Å². The van der Waals surface area contributed by atoms with Crippen LogP contribution in [0.15, 0.2) is 4.99 Å². The second-order valence-corrected chi connectivity index (χ2v) is 2.49. The van der Waals surface area contributed by atoms with Crippen LogP contribution in [0.4, 0.5) is 0 Å². The monoisotopic (exact) mass is 154 g/mol. The molecule has 4 heteroatoms. The third-order valence-corrected chi connectivity index (χ3v) is 1.60. The summed E-state index contributed by atoms with van der Waals surface area (Å²) < 4.78 is 0. The molecule has 1 aliphatic heterocycles. The Balaban J connectivity index is 2.86. The summed E-state index contributed by atoms with van der Waals surface area (Å²) in [6.45, 7) is 3.39. The summed E-state index contributed by atoms with van der Waals surface area (Å²) in [5, 5.41) is 2.50. The molecule has 11 heavy (non-hydrogen) atoms. The van der Waals surface area contributed by atoms with E-state index in [1.54, 1.807) is 13.8 Å². The molecular weight excluding hydrogens is 144 g/mol. The van der Waals surface area contributed by atoms with Gasteiger partial charge in [-0.1, -0.05) is 6.92 Å². The summed E-state index contributed by atoms with van der Waals surface area (Å²) in [6.07, 6.45) is 0.515. The van der Waals surface area contributed by atoms with Gasteiger partial charge in [-0.15, -0.1) is 0 Å². The van der Waals surface area contributed by atoms with Gasteiger partial charge in [0.25, 0.3) is 5.91 Å². The smallest absolute Gasteiger partial charge is 0.259 e. The maximum absolute atomic E-state index is 11.0. The summed E-state index contributed by atoms with van der Waals surface area (Å²) >= 11 is 0. The van der Waals surface area contributed by atoms with Crippen LogP contribution in [0.3, 0.4) is 0 Å². The van der Waals surface area contributed by atoms with Gasteiger partial charge in [0.05, 0.1) is 0 Å². The quantitative estimate of drug-likeness (QED) is 0.544. The van der Waals surface area contributed by atoms with Crippen molar-refractivity contribution in [2.45, 2.75) is 20.3 Å². The van der Waals surface area contributed by atoms with Crippen LogP contribution in [0.2, 0.25) is 0 Å². The Labute approximate surface area is 64.7 Å². The van der Waals surface area contributed by atoms with Gasteiger partial charge in [0, 0.05) is 0 Å². The van der Waals surface area contributed by atoms with E-state index in [2.05, 4.69) is 10.3 Å². The standard InChI is InChI=1S/C7H10N2O2/c1-3-5-6(10)8-4(2)9-7(5)11/h5H,3H2,1-2H3,(H,8,9,10,11). The topological polar surface area (TPSA) is 58.5 Å². The maximum atomic E-state index is 11.0. The number of rotatable bonds is 1. The Kier molecular flexibility index (Phi) is 2.03. The molecule has 4 nitrogen and oxygen atoms in total. The first-order chi connectivity index (χ1) is 5.15. The Hall–Kier alpha value is -1.19. The molecule has 0 saturated heterocycles. The maximum Gasteiger partial charge on any atom is 0.259 e. The number of hydrogen-bond acceptors (Lipinski definition) is 2. The first kappa shape index (κ1) is 7.91. The Morgan fingerprint density at radius 3 is 2.64 bits per heavy atom. The van der Waals surface area contributed by atoms with Crippen LogP contribution in [0.1, 0.15) is 20.3 Å². The molecule has 0 aromatic rings. The number of amides is 2. The van der Waals surface area contributed by atoms with Crippen LogP contribution in [0.5, 0.6) is 0 Å². The van der Waals surface area contributed by atoms with Gasteiger partial charge in [0.1, 0.15) is 11.8 Å². The number of hydrogen-bond donors (Lipinski definition) is 1. The molecule has 0 aromatic heterocycles. The van der Waals surface area contributed by atoms with Gasteiger partial charge < -0.3 is 5.32 Å². The van der Waals surface area contributed by atoms with E-state index in [0.29, 0.717) is 12.3 Å². The molecule has 60 valence electrons. The first-order valence-electron chi connectivity index (χ1n) is 3.55. The zero-order chi connectivity index (χ0) is 8.43. The lowest BCUT2D eigenvalue weighted by atomic mass is 10.0. The highest BCUT2D eigenvalue weighted by molar-refractivity contribution is 6.15. The minimum absolute atomic E-state index is 0.231. The van der Waals surface area contributed by atoms with Crippen LogP contribution < -0.4 is 5.32 Å². The second-order valence-electron chi connectivity index (χ2n) is 2.49. The van der Waals surface area contributed by atoms with Crippen molar-refractivity contribution in [3.05, 3.63) is 0 Å². The van der Waals surface area contributed by atoms with E-state index in [1.165, 1.54) is 0 Å². The van der Waals surface area contributed by atoms with Crippen LogP contribution in [0.25, 0.3) is 0 Å². The Morgan fingerprint density at radius 2 is 2.18 bits per heavy atom. The van der Waals surface area contributed by atoms with Gasteiger partial charge in [-0.25, -0.2) is 0 Å². The molecular formula is C7H10N2O2. The van der Waals surface area contributed by atoms with E-state index >= 15 is 0 Å². The van der Waals surface area contributed by atoms with E-state index < -0.39 is 5.92 Å². The zero-order valence-electron chi connectivity index (χ0n) is 6.55. The molecule has 1 N–H and O–H groups in total. The number of carbonyl (C=O) groups excluding carboxylic acids is 2. The van der Waals surface area contributed by atoms with Gasteiger partial charge in [-0.2, -0.15) is 4.99 Å². The van der Waals surface area contributed by atoms with Crippen LogP contribution in [-0.2, 0) is 9.59 Å². The molecule has 1 aliphatic rings. The molecule has 1 unspecified atom stereocenters. The fourth-order valence-corrected chi connectivity index (χ4v) is 1.01. The molecule has 0 bridgehead atoms. The number of aliphatic imine (C=N–C) groups is 1.